The zero-order valence-electron chi connectivity index (χ0n) is 12.0. The van der Waals surface area contributed by atoms with Gasteiger partial charge in [-0.15, -0.1) is 0 Å². The van der Waals surface area contributed by atoms with Gasteiger partial charge >= 0.3 is 0 Å². The molecule has 0 radical (unpaired) electrons. The lowest BCUT2D eigenvalue weighted by Crippen LogP contribution is -1.80. The zero-order chi connectivity index (χ0) is 15.2. The quantitative estimate of drug-likeness (QED) is 0.596. The van der Waals surface area contributed by atoms with Crippen LogP contribution in [0.3, 0.4) is 0 Å². The third kappa shape index (κ3) is 3.23. The summed E-state index contributed by atoms with van der Waals surface area (Å²) in [5, 5.41) is 8.82. The van der Waals surface area contributed by atoms with E-state index in [1.54, 1.807) is 0 Å². The summed E-state index contributed by atoms with van der Waals surface area (Å²) in [6, 6.07) is 27.8. The number of hydrogen-bond acceptors (Lipinski definition) is 1. The molecule has 0 aliphatic carbocycles. The second-order valence-corrected chi connectivity index (χ2v) is 4.88. The topological polar surface area (TPSA) is 23.8 Å². The summed E-state index contributed by atoms with van der Waals surface area (Å²) in [4.78, 5) is 0. The minimum Gasteiger partial charge on any atom is -0.192 e. The summed E-state index contributed by atoms with van der Waals surface area (Å²) >= 11 is 0. The molecule has 0 aliphatic heterocycles. The zero-order valence-corrected chi connectivity index (χ0v) is 12.0. The molecule has 0 amide bonds. The first-order valence-electron chi connectivity index (χ1n) is 7.03. The van der Waals surface area contributed by atoms with Crippen LogP contribution < -0.4 is 0 Å². The van der Waals surface area contributed by atoms with E-state index in [1.165, 1.54) is 0 Å². The Balaban J connectivity index is 1.81. The highest BCUT2D eigenvalue weighted by atomic mass is 14.2. The number of benzene rings is 3. The van der Waals surface area contributed by atoms with E-state index in [0.717, 1.165) is 22.3 Å². The third-order valence-electron chi connectivity index (χ3n) is 3.36. The maximum atomic E-state index is 8.82. The summed E-state index contributed by atoms with van der Waals surface area (Å²) in [6.45, 7) is 0. The molecule has 0 saturated heterocycles. The first-order valence-corrected chi connectivity index (χ1v) is 7.03. The van der Waals surface area contributed by atoms with Gasteiger partial charge in [0, 0.05) is 11.1 Å². The molecule has 3 aromatic rings. The van der Waals surface area contributed by atoms with Crippen molar-refractivity contribution in [1.29, 1.82) is 5.26 Å². The van der Waals surface area contributed by atoms with E-state index in [9.17, 15) is 0 Å². The molecule has 3 rings (SSSR count). The third-order valence-corrected chi connectivity index (χ3v) is 3.36. The molecule has 0 aliphatic rings. The molecule has 0 atom stereocenters. The Morgan fingerprint density at radius 2 is 0.955 bits per heavy atom. The van der Waals surface area contributed by atoms with Gasteiger partial charge in [-0.2, -0.15) is 5.26 Å². The number of rotatable bonds is 1. The molecule has 0 fully saturated rings. The molecule has 3 aromatic carbocycles. The van der Waals surface area contributed by atoms with Crippen LogP contribution in [0.5, 0.6) is 0 Å². The summed E-state index contributed by atoms with van der Waals surface area (Å²) in [7, 11) is 0. The predicted molar refractivity (Wildman–Crippen MR) is 89.0 cm³/mol. The summed E-state index contributed by atoms with van der Waals surface area (Å²) < 4.78 is 0. The molecule has 0 N–H and O–H groups in total. The van der Waals surface area contributed by atoms with Gasteiger partial charge in [-0.25, -0.2) is 0 Å². The van der Waals surface area contributed by atoms with E-state index in [1.807, 2.05) is 66.7 Å². The Morgan fingerprint density at radius 1 is 0.500 bits per heavy atom. The van der Waals surface area contributed by atoms with Gasteiger partial charge in [0.2, 0.25) is 0 Å². The molecule has 1 heteroatoms. The van der Waals surface area contributed by atoms with E-state index in [0.29, 0.717) is 5.56 Å². The van der Waals surface area contributed by atoms with E-state index < -0.39 is 0 Å². The van der Waals surface area contributed by atoms with Crippen molar-refractivity contribution < 1.29 is 0 Å². The van der Waals surface area contributed by atoms with Crippen LogP contribution in [0.15, 0.2) is 78.9 Å². The van der Waals surface area contributed by atoms with E-state index in [4.69, 9.17) is 5.26 Å². The lowest BCUT2D eigenvalue weighted by molar-refractivity contribution is 1.48. The van der Waals surface area contributed by atoms with Crippen LogP contribution in [0.1, 0.15) is 16.7 Å². The van der Waals surface area contributed by atoms with Gasteiger partial charge in [-0.1, -0.05) is 54.3 Å². The molecule has 1 nitrogen and oxygen atoms in total. The highest BCUT2D eigenvalue weighted by Gasteiger charge is 1.98. The molecule has 0 unspecified atom stereocenters. The molecule has 0 aromatic heterocycles. The van der Waals surface area contributed by atoms with Gasteiger partial charge in [-0.3, -0.25) is 0 Å². The minimum atomic E-state index is 0.675. The van der Waals surface area contributed by atoms with E-state index in [-0.39, 0.29) is 0 Å². The van der Waals surface area contributed by atoms with Crippen LogP contribution in [0.4, 0.5) is 0 Å². The normalized spacial score (nSPS) is 9.41. The second-order valence-electron chi connectivity index (χ2n) is 4.88. The fourth-order valence-corrected chi connectivity index (χ4v) is 2.15. The van der Waals surface area contributed by atoms with Crippen molar-refractivity contribution in [1.82, 2.24) is 0 Å². The summed E-state index contributed by atoms with van der Waals surface area (Å²) in [6.07, 6.45) is 0. The van der Waals surface area contributed by atoms with Crippen LogP contribution in [0.2, 0.25) is 0 Å². The van der Waals surface area contributed by atoms with Gasteiger partial charge in [0.15, 0.2) is 0 Å². The van der Waals surface area contributed by atoms with Gasteiger partial charge < -0.3 is 0 Å². The largest absolute Gasteiger partial charge is 0.192 e. The minimum absolute atomic E-state index is 0.675. The van der Waals surface area contributed by atoms with Crippen LogP contribution >= 0.6 is 0 Å². The standard InChI is InChI=1S/C21H13N/c22-16-19-10-14-21(15-11-19)20-12-8-18(9-13-20)7-6-17-4-2-1-3-5-17/h1-5,8-15H. The molecular weight excluding hydrogens is 266 g/mol. The van der Waals surface area contributed by atoms with E-state index in [2.05, 4.69) is 30.0 Å². The van der Waals surface area contributed by atoms with Crippen LogP contribution in [-0.2, 0) is 0 Å². The maximum Gasteiger partial charge on any atom is 0.0991 e. The van der Waals surface area contributed by atoms with Crippen molar-refractivity contribution in [3.63, 3.8) is 0 Å². The average Bonchev–Trinajstić information content (AvgIpc) is 2.61. The molecule has 0 saturated carbocycles. The van der Waals surface area contributed by atoms with Gasteiger partial charge in [0.05, 0.1) is 11.6 Å². The Morgan fingerprint density at radius 3 is 1.45 bits per heavy atom. The smallest absolute Gasteiger partial charge is 0.0991 e. The van der Waals surface area contributed by atoms with Crippen molar-refractivity contribution in [2.24, 2.45) is 0 Å². The van der Waals surface area contributed by atoms with Gasteiger partial charge in [0.1, 0.15) is 0 Å². The summed E-state index contributed by atoms with van der Waals surface area (Å²) in [5.74, 6) is 6.31. The molecule has 22 heavy (non-hydrogen) atoms. The Hall–Kier alpha value is -3.29. The van der Waals surface area contributed by atoms with Crippen LogP contribution in [0.25, 0.3) is 11.1 Å². The maximum absolute atomic E-state index is 8.82. The molecule has 0 heterocycles. The van der Waals surface area contributed by atoms with Gasteiger partial charge in [0.25, 0.3) is 0 Å². The van der Waals surface area contributed by atoms with Gasteiger partial charge in [-0.05, 0) is 47.5 Å². The highest BCUT2D eigenvalue weighted by Crippen LogP contribution is 2.20. The summed E-state index contributed by atoms with van der Waals surface area (Å²) in [5.41, 5.74) is 4.89. The Kier molecular flexibility index (Phi) is 4.01. The first kappa shape index (κ1) is 13.7. The van der Waals surface area contributed by atoms with Crippen LogP contribution in [0, 0.1) is 23.2 Å². The number of nitriles is 1. The SMILES string of the molecule is N#Cc1ccc(-c2ccc(C#Cc3ccccc3)cc2)cc1. The molecular formula is C21H13N. The second kappa shape index (κ2) is 6.44. The first-order chi connectivity index (χ1) is 10.8. The van der Waals surface area contributed by atoms with Crippen LogP contribution in [-0.4, -0.2) is 0 Å². The lowest BCUT2D eigenvalue weighted by atomic mass is 10.0. The van der Waals surface area contributed by atoms with Crippen molar-refractivity contribution >= 4 is 0 Å². The van der Waals surface area contributed by atoms with E-state index >= 15 is 0 Å². The fraction of sp³-hybridized carbons (Fsp3) is 0. The van der Waals surface area contributed by atoms with Crippen molar-refractivity contribution in [3.8, 4) is 29.0 Å². The fourth-order valence-electron chi connectivity index (χ4n) is 2.15. The highest BCUT2D eigenvalue weighted by molar-refractivity contribution is 5.65. The molecule has 102 valence electrons. The molecule has 0 spiro atoms. The Labute approximate surface area is 130 Å². The lowest BCUT2D eigenvalue weighted by Gasteiger charge is -2.01. The van der Waals surface area contributed by atoms with Crippen molar-refractivity contribution in [2.75, 3.05) is 0 Å². The number of hydrogen-bond donors (Lipinski definition) is 0. The van der Waals surface area contributed by atoms with Crippen molar-refractivity contribution in [3.05, 3.63) is 95.6 Å². The Bertz CT molecular complexity index is 856. The number of nitrogens with zero attached hydrogens (tertiary/aromatic N) is 1. The monoisotopic (exact) mass is 279 g/mol. The van der Waals surface area contributed by atoms with Crippen molar-refractivity contribution in [2.45, 2.75) is 0 Å². The molecule has 0 bridgehead atoms. The predicted octanol–water partition coefficient (Wildman–Crippen LogP) is 4.63. The average molecular weight is 279 g/mol.